The molecule has 0 fully saturated rings. The van der Waals surface area contributed by atoms with Gasteiger partial charge in [-0.3, -0.25) is 0 Å². The van der Waals surface area contributed by atoms with Gasteiger partial charge in [0.25, 0.3) is 0 Å². The monoisotopic (exact) mass is 362 g/mol. The number of hydrogen-bond donors (Lipinski definition) is 1. The van der Waals surface area contributed by atoms with Crippen molar-refractivity contribution in [1.82, 2.24) is 4.98 Å². The van der Waals surface area contributed by atoms with Crippen LogP contribution in [-0.4, -0.2) is 19.2 Å². The molecular formula is C18H16Cl2N2O2. The molecule has 2 aromatic carbocycles. The standard InChI is InChI=1S/C18H16Cl2N2O2/c1-23-11-4-6-16-13(8-11)18(24-2)14(9-21)17(22-16)12-5-3-10(19)7-15(12)20/h3-8H,9,21H2,1-2H3. The van der Waals surface area contributed by atoms with Crippen molar-refractivity contribution in [3.63, 3.8) is 0 Å². The number of pyridine rings is 1. The second-order valence-corrected chi connectivity index (χ2v) is 6.03. The largest absolute Gasteiger partial charge is 0.497 e. The van der Waals surface area contributed by atoms with Gasteiger partial charge in [0, 0.05) is 28.1 Å². The van der Waals surface area contributed by atoms with Crippen LogP contribution in [0, 0.1) is 0 Å². The van der Waals surface area contributed by atoms with Crippen LogP contribution in [-0.2, 0) is 6.54 Å². The van der Waals surface area contributed by atoms with Crippen molar-refractivity contribution < 1.29 is 9.47 Å². The van der Waals surface area contributed by atoms with Crippen LogP contribution in [0.3, 0.4) is 0 Å². The Morgan fingerprint density at radius 3 is 2.46 bits per heavy atom. The molecule has 24 heavy (non-hydrogen) atoms. The SMILES string of the molecule is COc1ccc2nc(-c3ccc(Cl)cc3Cl)c(CN)c(OC)c2c1. The first-order valence-corrected chi connectivity index (χ1v) is 8.04. The zero-order valence-corrected chi connectivity index (χ0v) is 14.8. The van der Waals surface area contributed by atoms with E-state index >= 15 is 0 Å². The van der Waals surface area contributed by atoms with E-state index in [-0.39, 0.29) is 6.54 Å². The zero-order valence-electron chi connectivity index (χ0n) is 13.3. The molecule has 0 amide bonds. The third-order valence-electron chi connectivity index (χ3n) is 3.84. The van der Waals surface area contributed by atoms with Crippen LogP contribution in [0.25, 0.3) is 22.2 Å². The molecule has 0 aliphatic carbocycles. The normalized spacial score (nSPS) is 10.9. The Balaban J connectivity index is 2.36. The van der Waals surface area contributed by atoms with Crippen molar-refractivity contribution in [1.29, 1.82) is 0 Å². The summed E-state index contributed by atoms with van der Waals surface area (Å²) in [5.74, 6) is 1.39. The third-order valence-corrected chi connectivity index (χ3v) is 4.38. The molecule has 0 aliphatic heterocycles. The molecule has 0 aliphatic rings. The molecule has 0 unspecified atom stereocenters. The molecule has 4 nitrogen and oxygen atoms in total. The van der Waals surface area contributed by atoms with Gasteiger partial charge in [0.1, 0.15) is 11.5 Å². The Hall–Kier alpha value is -2.01. The molecular weight excluding hydrogens is 347 g/mol. The van der Waals surface area contributed by atoms with Crippen LogP contribution >= 0.6 is 23.2 Å². The predicted molar refractivity (Wildman–Crippen MR) is 98.2 cm³/mol. The minimum Gasteiger partial charge on any atom is -0.497 e. The van der Waals surface area contributed by atoms with Crippen molar-refractivity contribution in [2.24, 2.45) is 5.73 Å². The van der Waals surface area contributed by atoms with Crippen molar-refractivity contribution in [2.45, 2.75) is 6.54 Å². The number of fused-ring (bicyclic) bond motifs is 1. The van der Waals surface area contributed by atoms with Gasteiger partial charge in [0.2, 0.25) is 0 Å². The second-order valence-electron chi connectivity index (χ2n) is 5.18. The van der Waals surface area contributed by atoms with Gasteiger partial charge in [0.05, 0.1) is 30.5 Å². The Morgan fingerprint density at radius 2 is 1.83 bits per heavy atom. The lowest BCUT2D eigenvalue weighted by Crippen LogP contribution is -2.05. The number of methoxy groups -OCH3 is 2. The minimum absolute atomic E-state index is 0.262. The Labute approximate surface area is 150 Å². The Kier molecular flexibility index (Phi) is 4.81. The maximum atomic E-state index is 6.36. The van der Waals surface area contributed by atoms with E-state index in [9.17, 15) is 0 Å². The quantitative estimate of drug-likeness (QED) is 0.731. The fourth-order valence-electron chi connectivity index (χ4n) is 2.71. The summed E-state index contributed by atoms with van der Waals surface area (Å²) in [7, 11) is 3.23. The van der Waals surface area contributed by atoms with Gasteiger partial charge in [-0.1, -0.05) is 23.2 Å². The summed E-state index contributed by atoms with van der Waals surface area (Å²) < 4.78 is 10.9. The smallest absolute Gasteiger partial charge is 0.135 e. The fraction of sp³-hybridized carbons (Fsp3) is 0.167. The number of nitrogens with two attached hydrogens (primary N) is 1. The van der Waals surface area contributed by atoms with Crippen molar-refractivity contribution >= 4 is 34.1 Å². The van der Waals surface area contributed by atoms with E-state index in [0.29, 0.717) is 21.5 Å². The molecule has 2 N–H and O–H groups in total. The number of aromatic nitrogens is 1. The zero-order chi connectivity index (χ0) is 17.3. The van der Waals surface area contributed by atoms with Crippen LogP contribution in [0.5, 0.6) is 11.5 Å². The van der Waals surface area contributed by atoms with Crippen LogP contribution in [0.4, 0.5) is 0 Å². The topological polar surface area (TPSA) is 57.4 Å². The number of benzene rings is 2. The van der Waals surface area contributed by atoms with E-state index in [1.807, 2.05) is 24.3 Å². The highest BCUT2D eigenvalue weighted by Gasteiger charge is 2.18. The van der Waals surface area contributed by atoms with Crippen LogP contribution in [0.1, 0.15) is 5.56 Å². The van der Waals surface area contributed by atoms with Crippen LogP contribution < -0.4 is 15.2 Å². The molecule has 0 radical (unpaired) electrons. The van der Waals surface area contributed by atoms with E-state index in [1.54, 1.807) is 26.4 Å². The van der Waals surface area contributed by atoms with Crippen molar-refractivity contribution in [3.8, 4) is 22.8 Å². The van der Waals surface area contributed by atoms with Gasteiger partial charge in [-0.25, -0.2) is 4.98 Å². The number of halogens is 2. The van der Waals surface area contributed by atoms with Gasteiger partial charge in [-0.05, 0) is 36.4 Å². The van der Waals surface area contributed by atoms with Crippen molar-refractivity contribution in [2.75, 3.05) is 14.2 Å². The maximum Gasteiger partial charge on any atom is 0.135 e. The molecule has 124 valence electrons. The molecule has 1 aromatic heterocycles. The average Bonchev–Trinajstić information content (AvgIpc) is 2.59. The number of ether oxygens (including phenoxy) is 2. The highest BCUT2D eigenvalue weighted by atomic mass is 35.5. The first-order chi connectivity index (χ1) is 11.6. The molecule has 3 rings (SSSR count). The van der Waals surface area contributed by atoms with E-state index in [0.717, 1.165) is 27.8 Å². The molecule has 0 spiro atoms. The summed E-state index contributed by atoms with van der Waals surface area (Å²) in [6.07, 6.45) is 0. The Morgan fingerprint density at radius 1 is 1.04 bits per heavy atom. The van der Waals surface area contributed by atoms with Crippen molar-refractivity contribution in [3.05, 3.63) is 52.0 Å². The first-order valence-electron chi connectivity index (χ1n) is 7.29. The van der Waals surface area contributed by atoms with Gasteiger partial charge in [0.15, 0.2) is 0 Å². The summed E-state index contributed by atoms with van der Waals surface area (Å²) in [5.41, 5.74) is 8.99. The Bertz CT molecular complexity index is 913. The van der Waals surface area contributed by atoms with Crippen LogP contribution in [0.2, 0.25) is 10.0 Å². The van der Waals surface area contributed by atoms with Gasteiger partial charge in [-0.15, -0.1) is 0 Å². The fourth-order valence-corrected chi connectivity index (χ4v) is 3.20. The molecule has 0 saturated heterocycles. The maximum absolute atomic E-state index is 6.36. The van der Waals surface area contributed by atoms with E-state index in [1.165, 1.54) is 0 Å². The minimum atomic E-state index is 0.262. The summed E-state index contributed by atoms with van der Waals surface area (Å²) in [6.45, 7) is 0.262. The molecule has 3 aromatic rings. The van der Waals surface area contributed by atoms with Gasteiger partial charge < -0.3 is 15.2 Å². The van der Waals surface area contributed by atoms with Crippen LogP contribution in [0.15, 0.2) is 36.4 Å². The number of rotatable bonds is 4. The summed E-state index contributed by atoms with van der Waals surface area (Å²) in [4.78, 5) is 4.75. The van der Waals surface area contributed by atoms with E-state index in [4.69, 9.17) is 43.4 Å². The lowest BCUT2D eigenvalue weighted by Gasteiger charge is -2.16. The van der Waals surface area contributed by atoms with E-state index < -0.39 is 0 Å². The highest BCUT2D eigenvalue weighted by molar-refractivity contribution is 6.36. The molecule has 6 heteroatoms. The van der Waals surface area contributed by atoms with E-state index in [2.05, 4.69) is 0 Å². The summed E-state index contributed by atoms with van der Waals surface area (Å²) >= 11 is 12.4. The average molecular weight is 363 g/mol. The molecule has 0 bridgehead atoms. The third kappa shape index (κ3) is 2.88. The number of hydrogen-bond acceptors (Lipinski definition) is 4. The first kappa shape index (κ1) is 16.8. The second kappa shape index (κ2) is 6.85. The number of nitrogens with zero attached hydrogens (tertiary/aromatic N) is 1. The highest BCUT2D eigenvalue weighted by Crippen LogP contribution is 2.39. The molecule has 0 atom stereocenters. The summed E-state index contributed by atoms with van der Waals surface area (Å²) in [6, 6.07) is 10.9. The van der Waals surface area contributed by atoms with Gasteiger partial charge in [-0.2, -0.15) is 0 Å². The molecule has 0 saturated carbocycles. The lowest BCUT2D eigenvalue weighted by atomic mass is 10.0. The molecule has 1 heterocycles. The lowest BCUT2D eigenvalue weighted by molar-refractivity contribution is 0.410. The summed E-state index contributed by atoms with van der Waals surface area (Å²) in [5, 5.41) is 1.92. The van der Waals surface area contributed by atoms with Gasteiger partial charge >= 0.3 is 0 Å². The predicted octanol–water partition coefficient (Wildman–Crippen LogP) is 4.68.